The average molecular weight is 313 g/mol. The lowest BCUT2D eigenvalue weighted by molar-refractivity contribution is -0.133. The van der Waals surface area contributed by atoms with Crippen LogP contribution < -0.4 is 5.73 Å². The monoisotopic (exact) mass is 313 g/mol. The number of nitrogens with two attached hydrogens (primary N) is 1. The molecule has 120 valence electrons. The van der Waals surface area contributed by atoms with E-state index < -0.39 is 6.04 Å². The average Bonchev–Trinajstić information content (AvgIpc) is 2.85. The predicted octanol–water partition coefficient (Wildman–Crippen LogP) is 1.56. The first kappa shape index (κ1) is 18.1. The highest BCUT2D eigenvalue weighted by Crippen LogP contribution is 2.11. The lowest BCUT2D eigenvalue weighted by atomic mass is 10.2. The number of nitrogens with zero attached hydrogens (tertiary/aromatic N) is 2. The van der Waals surface area contributed by atoms with Crippen molar-refractivity contribution in [2.75, 3.05) is 39.2 Å². The predicted molar refractivity (Wildman–Crippen MR) is 88.4 cm³/mol. The van der Waals surface area contributed by atoms with Crippen molar-refractivity contribution in [3.63, 3.8) is 0 Å². The lowest BCUT2D eigenvalue weighted by Crippen LogP contribution is -2.45. The van der Waals surface area contributed by atoms with Gasteiger partial charge in [-0.3, -0.25) is 4.79 Å². The molecule has 0 saturated heterocycles. The van der Waals surface area contributed by atoms with Gasteiger partial charge in [0.1, 0.15) is 11.5 Å². The molecule has 21 heavy (non-hydrogen) atoms. The van der Waals surface area contributed by atoms with Crippen molar-refractivity contribution in [1.82, 2.24) is 9.80 Å². The smallest absolute Gasteiger partial charge is 0.239 e. The van der Waals surface area contributed by atoms with Crippen molar-refractivity contribution in [3.05, 3.63) is 23.7 Å². The molecule has 0 aliphatic rings. The zero-order valence-corrected chi connectivity index (χ0v) is 14.3. The van der Waals surface area contributed by atoms with Gasteiger partial charge in [0.05, 0.1) is 12.6 Å². The highest BCUT2D eigenvalue weighted by molar-refractivity contribution is 7.98. The van der Waals surface area contributed by atoms with Crippen LogP contribution in [0.1, 0.15) is 17.9 Å². The summed E-state index contributed by atoms with van der Waals surface area (Å²) in [7, 11) is 3.99. The Kier molecular flexibility index (Phi) is 7.85. The van der Waals surface area contributed by atoms with Gasteiger partial charge in [0, 0.05) is 13.1 Å². The van der Waals surface area contributed by atoms with Gasteiger partial charge < -0.3 is 20.0 Å². The normalized spacial score (nSPS) is 12.7. The number of thioether (sulfide) groups is 1. The van der Waals surface area contributed by atoms with Crippen LogP contribution in [-0.2, 0) is 11.3 Å². The zero-order valence-electron chi connectivity index (χ0n) is 13.5. The van der Waals surface area contributed by atoms with Gasteiger partial charge in [-0.25, -0.2) is 0 Å². The number of aryl methyl sites for hydroxylation is 1. The third-order valence-corrected chi connectivity index (χ3v) is 3.87. The van der Waals surface area contributed by atoms with E-state index in [-0.39, 0.29) is 5.91 Å². The van der Waals surface area contributed by atoms with Crippen LogP contribution in [-0.4, -0.2) is 60.9 Å². The molecule has 1 atom stereocenters. The Morgan fingerprint density at radius 2 is 2.10 bits per heavy atom. The SMILES string of the molecule is CSCC[C@@H](N)C(=O)N(CCN(C)C)Cc1ccc(C)o1. The number of hydrogen-bond acceptors (Lipinski definition) is 5. The van der Waals surface area contributed by atoms with E-state index in [1.54, 1.807) is 16.7 Å². The van der Waals surface area contributed by atoms with E-state index in [2.05, 4.69) is 4.90 Å². The maximum Gasteiger partial charge on any atom is 0.239 e. The number of likely N-dealkylation sites (N-methyl/N-ethyl adjacent to an activating group) is 1. The molecule has 0 aromatic carbocycles. The van der Waals surface area contributed by atoms with Crippen molar-refractivity contribution in [2.24, 2.45) is 5.73 Å². The van der Waals surface area contributed by atoms with Gasteiger partial charge in [-0.15, -0.1) is 0 Å². The summed E-state index contributed by atoms with van der Waals surface area (Å²) in [4.78, 5) is 16.4. The molecule has 1 rings (SSSR count). The Labute approximate surface area is 131 Å². The maximum absolute atomic E-state index is 12.5. The number of hydrogen-bond donors (Lipinski definition) is 1. The van der Waals surface area contributed by atoms with Crippen molar-refractivity contribution >= 4 is 17.7 Å². The quantitative estimate of drug-likeness (QED) is 0.749. The number of rotatable bonds is 9. The van der Waals surface area contributed by atoms with Crippen LogP contribution in [0.4, 0.5) is 0 Å². The van der Waals surface area contributed by atoms with Gasteiger partial charge in [0.25, 0.3) is 0 Å². The number of carbonyl (C=O) groups excluding carboxylic acids is 1. The van der Waals surface area contributed by atoms with Crippen molar-refractivity contribution in [3.8, 4) is 0 Å². The summed E-state index contributed by atoms with van der Waals surface area (Å²) < 4.78 is 5.58. The van der Waals surface area contributed by atoms with E-state index in [1.807, 2.05) is 39.4 Å². The highest BCUT2D eigenvalue weighted by atomic mass is 32.2. The number of amides is 1. The summed E-state index contributed by atoms with van der Waals surface area (Å²) in [6.45, 7) is 3.84. The third kappa shape index (κ3) is 6.54. The Bertz CT molecular complexity index is 434. The fourth-order valence-electron chi connectivity index (χ4n) is 1.95. The minimum Gasteiger partial charge on any atom is -0.464 e. The van der Waals surface area contributed by atoms with E-state index in [1.165, 1.54) is 0 Å². The molecule has 1 aromatic heterocycles. The molecule has 6 heteroatoms. The van der Waals surface area contributed by atoms with E-state index in [9.17, 15) is 4.79 Å². The van der Waals surface area contributed by atoms with E-state index in [4.69, 9.17) is 10.2 Å². The molecule has 0 aliphatic carbocycles. The molecule has 1 heterocycles. The molecule has 0 saturated carbocycles. The van der Waals surface area contributed by atoms with Crippen LogP contribution in [0.25, 0.3) is 0 Å². The van der Waals surface area contributed by atoms with Crippen molar-refractivity contribution in [1.29, 1.82) is 0 Å². The maximum atomic E-state index is 12.5. The summed E-state index contributed by atoms with van der Waals surface area (Å²) in [6, 6.07) is 3.40. The molecule has 0 spiro atoms. The third-order valence-electron chi connectivity index (χ3n) is 3.22. The fourth-order valence-corrected chi connectivity index (χ4v) is 2.44. The van der Waals surface area contributed by atoms with Gasteiger partial charge in [0.15, 0.2) is 0 Å². The minimum atomic E-state index is -0.435. The summed E-state index contributed by atoms with van der Waals surface area (Å²) in [5.41, 5.74) is 6.02. The molecule has 5 nitrogen and oxygen atoms in total. The molecule has 2 N–H and O–H groups in total. The summed E-state index contributed by atoms with van der Waals surface area (Å²) >= 11 is 1.71. The molecular weight excluding hydrogens is 286 g/mol. The Morgan fingerprint density at radius 3 is 2.62 bits per heavy atom. The van der Waals surface area contributed by atoms with E-state index in [0.717, 1.165) is 23.8 Å². The summed E-state index contributed by atoms with van der Waals surface area (Å²) in [6.07, 6.45) is 2.72. The molecule has 0 aliphatic heterocycles. The standard InChI is InChI=1S/C15H27N3O2S/c1-12-5-6-13(20-12)11-18(9-8-17(2)3)15(19)14(16)7-10-21-4/h5-6,14H,7-11,16H2,1-4H3/t14-/m1/s1. The zero-order chi connectivity index (χ0) is 15.8. The van der Waals surface area contributed by atoms with Crippen molar-refractivity contribution < 1.29 is 9.21 Å². The molecule has 0 fully saturated rings. The van der Waals surface area contributed by atoms with Gasteiger partial charge in [-0.2, -0.15) is 11.8 Å². The number of furan rings is 1. The fraction of sp³-hybridized carbons (Fsp3) is 0.667. The van der Waals surface area contributed by atoms with Crippen LogP contribution in [0.15, 0.2) is 16.5 Å². The summed E-state index contributed by atoms with van der Waals surface area (Å²) in [5.74, 6) is 2.56. The first-order valence-corrected chi connectivity index (χ1v) is 8.56. The van der Waals surface area contributed by atoms with Gasteiger partial charge in [-0.05, 0) is 51.6 Å². The Morgan fingerprint density at radius 1 is 1.38 bits per heavy atom. The van der Waals surface area contributed by atoms with Crippen LogP contribution in [0.2, 0.25) is 0 Å². The highest BCUT2D eigenvalue weighted by Gasteiger charge is 2.21. The number of carbonyl (C=O) groups is 1. The second-order valence-corrected chi connectivity index (χ2v) is 6.45. The molecule has 0 radical (unpaired) electrons. The molecule has 0 unspecified atom stereocenters. The van der Waals surface area contributed by atoms with Gasteiger partial charge >= 0.3 is 0 Å². The summed E-state index contributed by atoms with van der Waals surface area (Å²) in [5, 5.41) is 0. The second-order valence-electron chi connectivity index (χ2n) is 5.46. The Hall–Kier alpha value is -0.980. The van der Waals surface area contributed by atoms with Gasteiger partial charge in [0.2, 0.25) is 5.91 Å². The molecule has 0 bridgehead atoms. The van der Waals surface area contributed by atoms with Crippen LogP contribution in [0.5, 0.6) is 0 Å². The van der Waals surface area contributed by atoms with Crippen LogP contribution in [0, 0.1) is 6.92 Å². The first-order chi connectivity index (χ1) is 9.93. The lowest BCUT2D eigenvalue weighted by Gasteiger charge is -2.26. The second kappa shape index (κ2) is 9.12. The first-order valence-electron chi connectivity index (χ1n) is 7.17. The minimum absolute atomic E-state index is 0.0000435. The molecule has 1 amide bonds. The largest absolute Gasteiger partial charge is 0.464 e. The molecule has 1 aromatic rings. The molecular formula is C15H27N3O2S. The van der Waals surface area contributed by atoms with E-state index in [0.29, 0.717) is 19.5 Å². The van der Waals surface area contributed by atoms with Crippen molar-refractivity contribution in [2.45, 2.75) is 25.9 Å². The van der Waals surface area contributed by atoms with Crippen LogP contribution >= 0.6 is 11.8 Å². The topological polar surface area (TPSA) is 62.7 Å². The van der Waals surface area contributed by atoms with Gasteiger partial charge in [-0.1, -0.05) is 0 Å². The van der Waals surface area contributed by atoms with Crippen LogP contribution in [0.3, 0.4) is 0 Å². The Balaban J connectivity index is 2.68. The van der Waals surface area contributed by atoms with E-state index >= 15 is 0 Å².